The number of allylic oxidation sites excluding steroid dienone is 1. The van der Waals surface area contributed by atoms with Gasteiger partial charge in [0.2, 0.25) is 0 Å². The van der Waals surface area contributed by atoms with Crippen molar-refractivity contribution in [1.82, 2.24) is 10.3 Å². The Morgan fingerprint density at radius 2 is 2.69 bits per heavy atom. The Balaban J connectivity index is 2.08. The maximum atomic E-state index is 8.44. The first-order valence-electron chi connectivity index (χ1n) is 4.70. The van der Waals surface area contributed by atoms with Gasteiger partial charge in [0.25, 0.3) is 0 Å². The lowest BCUT2D eigenvalue weighted by molar-refractivity contribution is 0.264. The van der Waals surface area contributed by atoms with Crippen molar-refractivity contribution in [3.8, 4) is 6.07 Å². The van der Waals surface area contributed by atoms with E-state index in [0.717, 1.165) is 23.1 Å². The zero-order chi connectivity index (χ0) is 11.6. The molecule has 6 heteroatoms. The van der Waals surface area contributed by atoms with E-state index < -0.39 is 0 Å². The average molecular weight is 255 g/mol. The van der Waals surface area contributed by atoms with E-state index in [-0.39, 0.29) is 0 Å². The maximum absolute atomic E-state index is 8.44. The third-order valence-corrected chi connectivity index (χ3v) is 3.60. The van der Waals surface area contributed by atoms with Crippen molar-refractivity contribution in [2.75, 3.05) is 19.4 Å². The zero-order valence-corrected chi connectivity index (χ0v) is 10.6. The fourth-order valence-electron chi connectivity index (χ4n) is 0.971. The van der Waals surface area contributed by atoms with E-state index in [0.29, 0.717) is 5.88 Å². The molecule has 1 aromatic heterocycles. The summed E-state index contributed by atoms with van der Waals surface area (Å²) in [5, 5.41) is 14.6. The van der Waals surface area contributed by atoms with Crippen molar-refractivity contribution in [3.63, 3.8) is 0 Å². The fraction of sp³-hybridized carbons (Fsp3) is 0.400. The molecular weight excluding hydrogens is 242 g/mol. The second-order valence-electron chi connectivity index (χ2n) is 2.75. The molecule has 1 aromatic rings. The Morgan fingerprint density at radius 1 is 1.81 bits per heavy atom. The van der Waals surface area contributed by atoms with Crippen LogP contribution in [0.3, 0.4) is 0 Å². The van der Waals surface area contributed by atoms with Crippen molar-refractivity contribution in [2.45, 2.75) is 5.75 Å². The van der Waals surface area contributed by atoms with Crippen LogP contribution >= 0.6 is 23.1 Å². The number of nitrogens with zero attached hydrogens (tertiary/aromatic N) is 2. The fourth-order valence-corrected chi connectivity index (χ4v) is 2.53. The minimum atomic E-state index is 0.511. The number of thiazole rings is 1. The van der Waals surface area contributed by atoms with Crippen LogP contribution in [0, 0.1) is 11.3 Å². The summed E-state index contributed by atoms with van der Waals surface area (Å²) in [5.74, 6) is 2.40. The molecule has 1 heterocycles. The summed E-state index contributed by atoms with van der Waals surface area (Å²) < 4.78 is 4.95. The van der Waals surface area contributed by atoms with Crippen molar-refractivity contribution in [2.24, 2.45) is 0 Å². The number of ether oxygens (including phenoxy) is 1. The second-order valence-corrected chi connectivity index (χ2v) is 4.83. The van der Waals surface area contributed by atoms with Crippen LogP contribution in [0.5, 0.6) is 0 Å². The highest BCUT2D eigenvalue weighted by molar-refractivity contribution is 7.98. The van der Waals surface area contributed by atoms with Crippen molar-refractivity contribution < 1.29 is 4.74 Å². The monoisotopic (exact) mass is 255 g/mol. The van der Waals surface area contributed by atoms with E-state index in [1.165, 1.54) is 6.08 Å². The minimum Gasteiger partial charge on any atom is -0.482 e. The summed E-state index contributed by atoms with van der Waals surface area (Å²) in [7, 11) is 1.54. The van der Waals surface area contributed by atoms with Gasteiger partial charge in [0.1, 0.15) is 5.01 Å². The highest BCUT2D eigenvalue weighted by Crippen LogP contribution is 2.13. The number of aromatic nitrogens is 1. The third-order valence-electron chi connectivity index (χ3n) is 1.67. The SMILES string of the molecule is COC(=CC#N)NCCSCc1nccs1. The standard InChI is InChI=1S/C10H13N3OS2/c1-14-9(2-3-11)12-4-6-15-8-10-13-5-7-16-10/h2,5,7,12H,4,6,8H2,1H3. The maximum Gasteiger partial charge on any atom is 0.197 e. The summed E-state index contributed by atoms with van der Waals surface area (Å²) in [5.41, 5.74) is 0. The second kappa shape index (κ2) is 8.02. The number of hydrogen-bond donors (Lipinski definition) is 1. The van der Waals surface area contributed by atoms with Gasteiger partial charge in [0, 0.05) is 29.6 Å². The highest BCUT2D eigenvalue weighted by atomic mass is 32.2. The zero-order valence-electron chi connectivity index (χ0n) is 8.97. The molecule has 0 aliphatic heterocycles. The van der Waals surface area contributed by atoms with Gasteiger partial charge in [-0.3, -0.25) is 0 Å². The number of nitriles is 1. The molecule has 0 atom stereocenters. The van der Waals surface area contributed by atoms with Crippen LogP contribution in [-0.2, 0) is 10.5 Å². The van der Waals surface area contributed by atoms with E-state index in [2.05, 4.69) is 10.3 Å². The molecule has 0 saturated carbocycles. The number of hydrogen-bond acceptors (Lipinski definition) is 6. The van der Waals surface area contributed by atoms with Crippen LogP contribution in [0.25, 0.3) is 0 Å². The summed E-state index contributed by atoms with van der Waals surface area (Å²) in [6, 6.07) is 1.92. The summed E-state index contributed by atoms with van der Waals surface area (Å²) in [6.07, 6.45) is 3.17. The lowest BCUT2D eigenvalue weighted by Crippen LogP contribution is -2.17. The van der Waals surface area contributed by atoms with E-state index in [1.54, 1.807) is 30.2 Å². The summed E-state index contributed by atoms with van der Waals surface area (Å²) in [6.45, 7) is 0.775. The van der Waals surface area contributed by atoms with E-state index in [4.69, 9.17) is 10.00 Å². The molecule has 0 aliphatic carbocycles. The van der Waals surface area contributed by atoms with Crippen LogP contribution in [0.15, 0.2) is 23.5 Å². The van der Waals surface area contributed by atoms with Gasteiger partial charge in [0.15, 0.2) is 5.88 Å². The molecule has 16 heavy (non-hydrogen) atoms. The summed E-state index contributed by atoms with van der Waals surface area (Å²) >= 11 is 3.47. The van der Waals surface area contributed by atoms with Crippen LogP contribution in [0.2, 0.25) is 0 Å². The molecule has 1 rings (SSSR count). The largest absolute Gasteiger partial charge is 0.482 e. The van der Waals surface area contributed by atoms with E-state index >= 15 is 0 Å². The molecule has 0 amide bonds. The van der Waals surface area contributed by atoms with Gasteiger partial charge in [-0.2, -0.15) is 17.0 Å². The Bertz CT molecular complexity index is 357. The van der Waals surface area contributed by atoms with Gasteiger partial charge in [0.05, 0.1) is 19.3 Å². The first-order valence-corrected chi connectivity index (χ1v) is 6.74. The molecule has 1 N–H and O–H groups in total. The Morgan fingerprint density at radius 3 is 3.31 bits per heavy atom. The minimum absolute atomic E-state index is 0.511. The molecule has 0 unspecified atom stereocenters. The molecule has 0 spiro atoms. The molecule has 4 nitrogen and oxygen atoms in total. The third kappa shape index (κ3) is 5.05. The van der Waals surface area contributed by atoms with Gasteiger partial charge in [-0.05, 0) is 0 Å². The van der Waals surface area contributed by atoms with Gasteiger partial charge < -0.3 is 10.1 Å². The van der Waals surface area contributed by atoms with Gasteiger partial charge in [-0.1, -0.05) is 0 Å². The first kappa shape index (κ1) is 12.9. The molecule has 0 fully saturated rings. The van der Waals surface area contributed by atoms with Crippen molar-refractivity contribution in [1.29, 1.82) is 5.26 Å². The molecule has 0 saturated heterocycles. The van der Waals surface area contributed by atoms with Gasteiger partial charge >= 0.3 is 0 Å². The first-order chi connectivity index (χ1) is 7.86. The molecule has 86 valence electrons. The van der Waals surface area contributed by atoms with Crippen molar-refractivity contribution >= 4 is 23.1 Å². The van der Waals surface area contributed by atoms with Crippen LogP contribution in [0.1, 0.15) is 5.01 Å². The number of thioether (sulfide) groups is 1. The lowest BCUT2D eigenvalue weighted by atomic mass is 10.6. The van der Waals surface area contributed by atoms with Crippen LogP contribution in [0.4, 0.5) is 0 Å². The van der Waals surface area contributed by atoms with Crippen LogP contribution in [-0.4, -0.2) is 24.4 Å². The molecular formula is C10H13N3OS2. The molecule has 0 radical (unpaired) electrons. The molecule has 0 aliphatic rings. The van der Waals surface area contributed by atoms with Crippen LogP contribution < -0.4 is 5.32 Å². The Kier molecular flexibility index (Phi) is 6.45. The predicted octanol–water partition coefficient (Wildman–Crippen LogP) is 1.98. The van der Waals surface area contributed by atoms with E-state index in [1.807, 2.05) is 17.6 Å². The number of nitrogens with one attached hydrogen (secondary N) is 1. The van der Waals surface area contributed by atoms with E-state index in [9.17, 15) is 0 Å². The summed E-state index contributed by atoms with van der Waals surface area (Å²) in [4.78, 5) is 4.19. The lowest BCUT2D eigenvalue weighted by Gasteiger charge is -2.07. The smallest absolute Gasteiger partial charge is 0.197 e. The Hall–Kier alpha value is -1.19. The van der Waals surface area contributed by atoms with Gasteiger partial charge in [-0.15, -0.1) is 11.3 Å². The topological polar surface area (TPSA) is 57.9 Å². The van der Waals surface area contributed by atoms with Crippen molar-refractivity contribution in [3.05, 3.63) is 28.5 Å². The quantitative estimate of drug-likeness (QED) is 0.458. The molecule has 0 aromatic carbocycles. The predicted molar refractivity (Wildman–Crippen MR) is 67.0 cm³/mol. The van der Waals surface area contributed by atoms with Gasteiger partial charge in [-0.25, -0.2) is 4.98 Å². The molecule has 0 bridgehead atoms. The average Bonchev–Trinajstić information content (AvgIpc) is 2.80. The highest BCUT2D eigenvalue weighted by Gasteiger charge is 1.97. The number of methoxy groups -OCH3 is 1. The Labute approximate surface area is 103 Å². The number of rotatable bonds is 7. The normalized spacial score (nSPS) is 10.9.